The van der Waals surface area contributed by atoms with Crippen LogP contribution in [0.4, 0.5) is 4.79 Å². The van der Waals surface area contributed by atoms with Gasteiger partial charge in [0.25, 0.3) is 0 Å². The summed E-state index contributed by atoms with van der Waals surface area (Å²) in [5, 5.41) is 2.93. The van der Waals surface area contributed by atoms with Crippen molar-refractivity contribution in [2.45, 2.75) is 52.1 Å². The summed E-state index contributed by atoms with van der Waals surface area (Å²) in [6, 6.07) is 5.04. The molecule has 2 rings (SSSR count). The van der Waals surface area contributed by atoms with E-state index in [9.17, 15) is 9.59 Å². The van der Waals surface area contributed by atoms with Gasteiger partial charge < -0.3 is 25.3 Å². The Morgan fingerprint density at radius 3 is 2.84 bits per heavy atom. The zero-order chi connectivity index (χ0) is 23.3. The summed E-state index contributed by atoms with van der Waals surface area (Å²) in [5.74, 6) is 1.34. The van der Waals surface area contributed by atoms with Crippen LogP contribution in [0.15, 0.2) is 30.4 Å². The van der Waals surface area contributed by atoms with Gasteiger partial charge in [0.15, 0.2) is 11.5 Å². The number of unbranched alkanes of at least 4 members (excludes halogenated alkanes) is 2. The minimum Gasteiger partial charge on any atom is -0.493 e. The normalized spacial score (nSPS) is 16.4. The largest absolute Gasteiger partial charge is 0.493 e. The number of ether oxygens (including phenoxy) is 3. The Morgan fingerprint density at radius 1 is 1.31 bits per heavy atom. The third kappa shape index (κ3) is 8.51. The fraction of sp³-hybridized carbons (Fsp3) is 0.583. The van der Waals surface area contributed by atoms with Crippen molar-refractivity contribution in [2.24, 2.45) is 11.7 Å². The van der Waals surface area contributed by atoms with E-state index >= 15 is 0 Å². The van der Waals surface area contributed by atoms with Crippen molar-refractivity contribution < 1.29 is 23.8 Å². The lowest BCUT2D eigenvalue weighted by Gasteiger charge is -2.33. The molecule has 2 amide bonds. The van der Waals surface area contributed by atoms with Gasteiger partial charge in [-0.1, -0.05) is 32.1 Å². The number of rotatable bonds is 11. The summed E-state index contributed by atoms with van der Waals surface area (Å²) in [5.41, 5.74) is 6.59. The monoisotopic (exact) mass is 447 g/mol. The van der Waals surface area contributed by atoms with Gasteiger partial charge in [0, 0.05) is 26.1 Å². The first-order valence-corrected chi connectivity index (χ1v) is 11.3. The first-order valence-electron chi connectivity index (χ1n) is 11.3. The van der Waals surface area contributed by atoms with E-state index in [2.05, 4.69) is 31.3 Å². The minimum absolute atomic E-state index is 0.0208. The number of benzene rings is 1. The Bertz CT molecular complexity index is 766. The van der Waals surface area contributed by atoms with E-state index < -0.39 is 6.09 Å². The van der Waals surface area contributed by atoms with Gasteiger partial charge in [-0.05, 0) is 42.9 Å². The van der Waals surface area contributed by atoms with E-state index in [1.165, 1.54) is 7.11 Å². The molecule has 178 valence electrons. The number of methoxy groups -OCH3 is 1. The van der Waals surface area contributed by atoms with Crippen LogP contribution in [0.3, 0.4) is 0 Å². The predicted octanol–water partition coefficient (Wildman–Crippen LogP) is 3.24. The van der Waals surface area contributed by atoms with Crippen LogP contribution in [0.1, 0.15) is 45.1 Å². The highest BCUT2D eigenvalue weighted by atomic mass is 16.6. The zero-order valence-corrected chi connectivity index (χ0v) is 19.5. The van der Waals surface area contributed by atoms with Gasteiger partial charge in [-0.15, -0.1) is 0 Å². The number of carbonyl (C=O) groups is 2. The molecule has 1 aliphatic heterocycles. The van der Waals surface area contributed by atoms with Gasteiger partial charge in [-0.3, -0.25) is 9.69 Å². The molecule has 3 N–H and O–H groups in total. The number of hydrogen-bond donors (Lipinski definition) is 2. The Kier molecular flexibility index (Phi) is 11.0. The number of morpholine rings is 1. The molecule has 0 aromatic heterocycles. The fourth-order valence-corrected chi connectivity index (χ4v) is 3.35. The van der Waals surface area contributed by atoms with Crippen LogP contribution in [0.5, 0.6) is 11.5 Å². The van der Waals surface area contributed by atoms with Crippen molar-refractivity contribution in [3.8, 4) is 11.5 Å². The van der Waals surface area contributed by atoms with Gasteiger partial charge in [-0.2, -0.15) is 0 Å². The molecule has 32 heavy (non-hydrogen) atoms. The molecule has 0 spiro atoms. The van der Waals surface area contributed by atoms with Crippen LogP contribution in [0, 0.1) is 5.92 Å². The predicted molar refractivity (Wildman–Crippen MR) is 124 cm³/mol. The molecule has 8 heteroatoms. The molecule has 1 saturated heterocycles. The molecule has 1 aromatic carbocycles. The van der Waals surface area contributed by atoms with Crippen LogP contribution in [0.2, 0.25) is 0 Å². The Balaban J connectivity index is 1.82. The number of nitrogens with zero attached hydrogens (tertiary/aromatic N) is 1. The lowest BCUT2D eigenvalue weighted by atomic mass is 10.1. The van der Waals surface area contributed by atoms with Crippen LogP contribution in [-0.4, -0.2) is 56.4 Å². The van der Waals surface area contributed by atoms with Gasteiger partial charge in [0.2, 0.25) is 5.91 Å². The lowest BCUT2D eigenvalue weighted by molar-refractivity contribution is -0.121. The summed E-state index contributed by atoms with van der Waals surface area (Å²) < 4.78 is 16.3. The third-order valence-electron chi connectivity index (χ3n) is 5.19. The molecule has 1 aromatic rings. The highest BCUT2D eigenvalue weighted by molar-refractivity contribution is 5.76. The molecule has 1 atom stereocenters. The molecule has 1 heterocycles. The molecule has 0 aliphatic carbocycles. The lowest BCUT2D eigenvalue weighted by Crippen LogP contribution is -2.52. The Morgan fingerprint density at radius 2 is 2.12 bits per heavy atom. The molecular formula is C24H37N3O5. The van der Waals surface area contributed by atoms with Crippen LogP contribution in [-0.2, 0) is 16.1 Å². The highest BCUT2D eigenvalue weighted by Crippen LogP contribution is 2.29. The second kappa shape index (κ2) is 13.8. The van der Waals surface area contributed by atoms with E-state index in [1.54, 1.807) is 17.0 Å². The number of nitrogens with two attached hydrogens (primary N) is 1. The van der Waals surface area contributed by atoms with Gasteiger partial charge in [0.1, 0.15) is 0 Å². The van der Waals surface area contributed by atoms with E-state index in [-0.39, 0.29) is 11.9 Å². The maximum absolute atomic E-state index is 12.6. The summed E-state index contributed by atoms with van der Waals surface area (Å²) in [6.45, 7) is 6.27. The maximum Gasteiger partial charge on any atom is 0.415 e. The molecule has 0 saturated carbocycles. The van der Waals surface area contributed by atoms with E-state index in [4.69, 9.17) is 19.9 Å². The van der Waals surface area contributed by atoms with Crippen LogP contribution < -0.4 is 20.5 Å². The number of nitrogens with one attached hydrogen (secondary N) is 1. The first-order chi connectivity index (χ1) is 15.4. The van der Waals surface area contributed by atoms with Gasteiger partial charge >= 0.3 is 6.09 Å². The summed E-state index contributed by atoms with van der Waals surface area (Å²) in [6.07, 6.45) is 7.25. The molecule has 0 radical (unpaired) electrons. The van der Waals surface area contributed by atoms with Gasteiger partial charge in [0.05, 0.1) is 26.4 Å². The summed E-state index contributed by atoms with van der Waals surface area (Å²) >= 11 is 0. The van der Waals surface area contributed by atoms with Crippen molar-refractivity contribution in [3.05, 3.63) is 35.9 Å². The average molecular weight is 448 g/mol. The molecular weight excluding hydrogens is 410 g/mol. The van der Waals surface area contributed by atoms with E-state index in [0.29, 0.717) is 56.7 Å². The number of carbonyl (C=O) groups excluding carboxylic acids is 2. The molecule has 8 nitrogen and oxygen atoms in total. The number of amides is 2. The van der Waals surface area contributed by atoms with Gasteiger partial charge in [-0.25, -0.2) is 4.79 Å². The standard InChI is InChI=1S/C24H37N3O5/c1-18(2)8-6-4-5-7-9-23(28)26-16-19-10-11-21(22(14-19)30-3)32-24(29)27-12-13-31-17-20(27)15-25/h6,8,10-11,14,18,20H,4-5,7,9,12-13,15-17,25H2,1-3H3,(H,26,28). The second-order valence-corrected chi connectivity index (χ2v) is 8.21. The fourth-order valence-electron chi connectivity index (χ4n) is 3.35. The maximum atomic E-state index is 12.6. The molecule has 1 aliphatic rings. The highest BCUT2D eigenvalue weighted by Gasteiger charge is 2.28. The quantitative estimate of drug-likeness (QED) is 0.399. The average Bonchev–Trinajstić information content (AvgIpc) is 2.80. The third-order valence-corrected chi connectivity index (χ3v) is 5.19. The minimum atomic E-state index is -0.480. The second-order valence-electron chi connectivity index (χ2n) is 8.21. The summed E-state index contributed by atoms with van der Waals surface area (Å²) in [4.78, 5) is 26.3. The van der Waals surface area contributed by atoms with Crippen molar-refractivity contribution >= 4 is 12.0 Å². The van der Waals surface area contributed by atoms with Crippen LogP contribution >= 0.6 is 0 Å². The van der Waals surface area contributed by atoms with Crippen molar-refractivity contribution in [2.75, 3.05) is 33.4 Å². The zero-order valence-electron chi connectivity index (χ0n) is 19.5. The first kappa shape index (κ1) is 25.7. The molecule has 0 bridgehead atoms. The number of hydrogen-bond acceptors (Lipinski definition) is 6. The smallest absolute Gasteiger partial charge is 0.415 e. The Hall–Kier alpha value is -2.58. The van der Waals surface area contributed by atoms with Crippen molar-refractivity contribution in [1.82, 2.24) is 10.2 Å². The topological polar surface area (TPSA) is 103 Å². The molecule has 1 fully saturated rings. The Labute approximate surface area is 191 Å². The van der Waals surface area contributed by atoms with Crippen molar-refractivity contribution in [3.63, 3.8) is 0 Å². The molecule has 1 unspecified atom stereocenters. The van der Waals surface area contributed by atoms with E-state index in [0.717, 1.165) is 24.8 Å². The SMILES string of the molecule is COc1cc(CNC(=O)CCCCC=CC(C)C)ccc1OC(=O)N1CCOCC1CN. The summed E-state index contributed by atoms with van der Waals surface area (Å²) in [7, 11) is 1.51. The van der Waals surface area contributed by atoms with Crippen molar-refractivity contribution in [1.29, 1.82) is 0 Å². The number of allylic oxidation sites excluding steroid dienone is 2. The van der Waals surface area contributed by atoms with Crippen LogP contribution in [0.25, 0.3) is 0 Å². The van der Waals surface area contributed by atoms with E-state index in [1.807, 2.05) is 6.07 Å².